The summed E-state index contributed by atoms with van der Waals surface area (Å²) < 4.78 is 8.07. The van der Waals surface area contributed by atoms with Gasteiger partial charge in [0.05, 0.1) is 23.7 Å². The molecule has 0 unspecified atom stereocenters. The molecule has 0 radical (unpaired) electrons. The van der Waals surface area contributed by atoms with Crippen LogP contribution in [-0.2, 0) is 0 Å². The van der Waals surface area contributed by atoms with Gasteiger partial charge in [0.15, 0.2) is 0 Å². The van der Waals surface area contributed by atoms with E-state index in [0.717, 1.165) is 27.0 Å². The van der Waals surface area contributed by atoms with Crippen molar-refractivity contribution in [2.24, 2.45) is 0 Å². The number of nitrogens with zero attached hydrogens (tertiary/aromatic N) is 2. The van der Waals surface area contributed by atoms with E-state index in [0.29, 0.717) is 16.7 Å². The normalized spacial score (nSPS) is 11.3. The van der Waals surface area contributed by atoms with Crippen molar-refractivity contribution in [1.82, 2.24) is 9.55 Å². The molecule has 29 heavy (non-hydrogen) atoms. The minimum atomic E-state index is -0.100. The number of ether oxygens (including phenoxy) is 1. The zero-order valence-corrected chi connectivity index (χ0v) is 17.7. The molecule has 0 spiro atoms. The Balaban J connectivity index is 1.95. The first-order chi connectivity index (χ1) is 14.1. The van der Waals surface area contributed by atoms with Crippen molar-refractivity contribution in [3.8, 4) is 11.4 Å². The van der Waals surface area contributed by atoms with Crippen LogP contribution in [0.15, 0.2) is 76.0 Å². The lowest BCUT2D eigenvalue weighted by Crippen LogP contribution is -2.22. The summed E-state index contributed by atoms with van der Waals surface area (Å²) in [4.78, 5) is 18.1. The maximum atomic E-state index is 13.3. The van der Waals surface area contributed by atoms with Crippen LogP contribution < -0.4 is 10.3 Å². The third-order valence-electron chi connectivity index (χ3n) is 4.75. The Morgan fingerprint density at radius 2 is 1.76 bits per heavy atom. The molecule has 0 aliphatic rings. The molecule has 0 aliphatic heterocycles. The standard InChI is InChI=1S/C24H19BrN2O2/c1-16-15-18(12-13-20(16)25)27-23(14-11-17-7-3-6-10-22(17)29-2)26-21-9-5-4-8-19(21)24(27)28/h3-15H,1-2H3. The van der Waals surface area contributed by atoms with Crippen molar-refractivity contribution in [2.75, 3.05) is 7.11 Å². The maximum absolute atomic E-state index is 13.3. The number of hydrogen-bond donors (Lipinski definition) is 0. The number of methoxy groups -OCH3 is 1. The zero-order chi connectivity index (χ0) is 20.4. The number of benzene rings is 3. The highest BCUT2D eigenvalue weighted by Crippen LogP contribution is 2.23. The average Bonchev–Trinajstić information content (AvgIpc) is 2.74. The van der Waals surface area contributed by atoms with Gasteiger partial charge in [-0.1, -0.05) is 46.3 Å². The monoisotopic (exact) mass is 446 g/mol. The number of fused-ring (bicyclic) bond motifs is 1. The first kappa shape index (κ1) is 19.2. The molecular formula is C24H19BrN2O2. The second-order valence-electron chi connectivity index (χ2n) is 6.64. The summed E-state index contributed by atoms with van der Waals surface area (Å²) in [6.45, 7) is 2.00. The van der Waals surface area contributed by atoms with E-state index < -0.39 is 0 Å². The van der Waals surface area contributed by atoms with Crippen LogP contribution in [0.4, 0.5) is 0 Å². The summed E-state index contributed by atoms with van der Waals surface area (Å²) in [7, 11) is 1.64. The molecule has 4 nitrogen and oxygen atoms in total. The lowest BCUT2D eigenvalue weighted by atomic mass is 10.1. The van der Waals surface area contributed by atoms with E-state index in [1.165, 1.54) is 0 Å². The van der Waals surface area contributed by atoms with E-state index in [4.69, 9.17) is 9.72 Å². The first-order valence-electron chi connectivity index (χ1n) is 9.18. The number of para-hydroxylation sites is 2. The molecule has 144 valence electrons. The van der Waals surface area contributed by atoms with Crippen LogP contribution in [-0.4, -0.2) is 16.7 Å². The molecule has 0 amide bonds. The quantitative estimate of drug-likeness (QED) is 0.407. The average molecular weight is 447 g/mol. The zero-order valence-electron chi connectivity index (χ0n) is 16.1. The number of aromatic nitrogens is 2. The SMILES string of the molecule is COc1ccccc1C=Cc1nc2ccccc2c(=O)n1-c1ccc(Br)c(C)c1. The summed E-state index contributed by atoms with van der Waals surface area (Å²) in [5.41, 5.74) is 3.30. The maximum Gasteiger partial charge on any atom is 0.266 e. The summed E-state index contributed by atoms with van der Waals surface area (Å²) in [5.74, 6) is 1.32. The van der Waals surface area contributed by atoms with Crippen molar-refractivity contribution in [2.45, 2.75) is 6.92 Å². The van der Waals surface area contributed by atoms with Crippen molar-refractivity contribution >= 4 is 39.0 Å². The molecule has 0 N–H and O–H groups in total. The van der Waals surface area contributed by atoms with Crippen molar-refractivity contribution in [3.05, 3.63) is 98.5 Å². The Morgan fingerprint density at radius 1 is 1.00 bits per heavy atom. The largest absolute Gasteiger partial charge is 0.496 e. The third-order valence-corrected chi connectivity index (χ3v) is 5.64. The van der Waals surface area contributed by atoms with Crippen LogP contribution in [0.5, 0.6) is 5.75 Å². The van der Waals surface area contributed by atoms with Gasteiger partial charge in [-0.15, -0.1) is 0 Å². The topological polar surface area (TPSA) is 44.1 Å². The van der Waals surface area contributed by atoms with Gasteiger partial charge in [0, 0.05) is 10.0 Å². The van der Waals surface area contributed by atoms with Gasteiger partial charge in [-0.25, -0.2) is 4.98 Å². The lowest BCUT2D eigenvalue weighted by molar-refractivity contribution is 0.414. The van der Waals surface area contributed by atoms with Crippen LogP contribution in [0, 0.1) is 6.92 Å². The second kappa shape index (κ2) is 8.05. The van der Waals surface area contributed by atoms with Gasteiger partial charge in [-0.3, -0.25) is 9.36 Å². The Morgan fingerprint density at radius 3 is 2.55 bits per heavy atom. The molecule has 0 saturated heterocycles. The van der Waals surface area contributed by atoms with Crippen LogP contribution >= 0.6 is 15.9 Å². The van der Waals surface area contributed by atoms with Gasteiger partial charge in [0.2, 0.25) is 0 Å². The molecule has 5 heteroatoms. The first-order valence-corrected chi connectivity index (χ1v) is 9.97. The van der Waals surface area contributed by atoms with Crippen LogP contribution in [0.3, 0.4) is 0 Å². The van der Waals surface area contributed by atoms with E-state index in [1.807, 2.05) is 79.7 Å². The van der Waals surface area contributed by atoms with Crippen LogP contribution in [0.25, 0.3) is 28.7 Å². The van der Waals surface area contributed by atoms with Crippen molar-refractivity contribution < 1.29 is 4.74 Å². The van der Waals surface area contributed by atoms with E-state index in [2.05, 4.69) is 15.9 Å². The molecule has 0 atom stereocenters. The summed E-state index contributed by atoms with van der Waals surface area (Å²) in [6, 6.07) is 21.0. The fraction of sp³-hybridized carbons (Fsp3) is 0.0833. The predicted molar refractivity (Wildman–Crippen MR) is 122 cm³/mol. The molecule has 1 aromatic heterocycles. The van der Waals surface area contributed by atoms with E-state index in [1.54, 1.807) is 17.7 Å². The fourth-order valence-corrected chi connectivity index (χ4v) is 3.49. The summed E-state index contributed by atoms with van der Waals surface area (Å²) >= 11 is 3.53. The van der Waals surface area contributed by atoms with Gasteiger partial charge in [0.1, 0.15) is 11.6 Å². The Bertz CT molecular complexity index is 1290. The van der Waals surface area contributed by atoms with Gasteiger partial charge >= 0.3 is 0 Å². The molecular weight excluding hydrogens is 428 g/mol. The number of aryl methyl sites for hydroxylation is 1. The molecule has 4 rings (SSSR count). The smallest absolute Gasteiger partial charge is 0.266 e. The Kier molecular flexibility index (Phi) is 5.32. The highest BCUT2D eigenvalue weighted by molar-refractivity contribution is 9.10. The molecule has 0 saturated carbocycles. The molecule has 0 bridgehead atoms. The summed E-state index contributed by atoms with van der Waals surface area (Å²) in [5, 5.41) is 0.586. The fourth-order valence-electron chi connectivity index (χ4n) is 3.25. The minimum Gasteiger partial charge on any atom is -0.496 e. The number of halogens is 1. The van der Waals surface area contributed by atoms with Crippen molar-refractivity contribution in [3.63, 3.8) is 0 Å². The molecule has 4 aromatic rings. The Hall–Kier alpha value is -3.18. The third kappa shape index (κ3) is 3.74. The highest BCUT2D eigenvalue weighted by atomic mass is 79.9. The van der Waals surface area contributed by atoms with Gasteiger partial charge in [0.25, 0.3) is 5.56 Å². The molecule has 0 fully saturated rings. The molecule has 0 aliphatic carbocycles. The van der Waals surface area contributed by atoms with E-state index in [9.17, 15) is 4.79 Å². The molecule has 1 heterocycles. The van der Waals surface area contributed by atoms with Gasteiger partial charge < -0.3 is 4.74 Å². The molecule has 3 aromatic carbocycles. The number of hydrogen-bond acceptors (Lipinski definition) is 3. The number of rotatable bonds is 4. The van der Waals surface area contributed by atoms with E-state index >= 15 is 0 Å². The van der Waals surface area contributed by atoms with E-state index in [-0.39, 0.29) is 5.56 Å². The van der Waals surface area contributed by atoms with Gasteiger partial charge in [-0.2, -0.15) is 0 Å². The van der Waals surface area contributed by atoms with Crippen molar-refractivity contribution in [1.29, 1.82) is 0 Å². The predicted octanol–water partition coefficient (Wildman–Crippen LogP) is 5.64. The summed E-state index contributed by atoms with van der Waals surface area (Å²) in [6.07, 6.45) is 3.76. The van der Waals surface area contributed by atoms with Crippen LogP contribution in [0.1, 0.15) is 17.0 Å². The van der Waals surface area contributed by atoms with Gasteiger partial charge in [-0.05, 0) is 61.0 Å². The minimum absolute atomic E-state index is 0.100. The second-order valence-corrected chi connectivity index (χ2v) is 7.49. The highest BCUT2D eigenvalue weighted by Gasteiger charge is 2.12. The Labute approximate surface area is 177 Å². The van der Waals surface area contributed by atoms with Crippen LogP contribution in [0.2, 0.25) is 0 Å². The lowest BCUT2D eigenvalue weighted by Gasteiger charge is -2.13.